The van der Waals surface area contributed by atoms with Crippen molar-refractivity contribution in [2.24, 2.45) is 4.99 Å². The fourth-order valence-electron chi connectivity index (χ4n) is 0.993. The Morgan fingerprint density at radius 3 is 2.36 bits per heavy atom. The summed E-state index contributed by atoms with van der Waals surface area (Å²) in [7, 11) is -3.24. The Bertz CT molecular complexity index is 418. The molecule has 0 saturated carbocycles. The van der Waals surface area contributed by atoms with E-state index in [1.54, 1.807) is 31.2 Å². The number of benzene rings is 1. The van der Waals surface area contributed by atoms with Crippen LogP contribution in [0.5, 0.6) is 0 Å². The van der Waals surface area contributed by atoms with Crippen molar-refractivity contribution < 1.29 is 8.42 Å². The molecule has 76 valence electrons. The molecule has 0 radical (unpaired) electrons. The number of aliphatic imine (C=N–C) groups is 1. The van der Waals surface area contributed by atoms with Gasteiger partial charge in [0.15, 0.2) is 9.84 Å². The number of hydrogen-bond acceptors (Lipinski definition) is 3. The summed E-state index contributed by atoms with van der Waals surface area (Å²) in [6.07, 6.45) is 1.49. The van der Waals surface area contributed by atoms with E-state index in [1.807, 2.05) is 6.92 Å². The summed E-state index contributed by atoms with van der Waals surface area (Å²) in [5, 5.41) is 0. The maximum atomic E-state index is 11.6. The fraction of sp³-hybridized carbons (Fsp3) is 0.300. The van der Waals surface area contributed by atoms with Gasteiger partial charge < -0.3 is 0 Å². The second-order valence-corrected chi connectivity index (χ2v) is 4.96. The summed E-state index contributed by atoms with van der Waals surface area (Å²) in [5.74, 6) is -0.174. The van der Waals surface area contributed by atoms with Crippen LogP contribution in [0.15, 0.2) is 34.2 Å². The van der Waals surface area contributed by atoms with Crippen LogP contribution in [-0.2, 0) is 9.84 Å². The molecule has 0 aliphatic carbocycles. The summed E-state index contributed by atoms with van der Waals surface area (Å²) < 4.78 is 23.2. The van der Waals surface area contributed by atoms with Gasteiger partial charge in [-0.1, -0.05) is 17.7 Å². The largest absolute Gasteiger partial charge is 0.281 e. The fourth-order valence-corrected chi connectivity index (χ4v) is 2.04. The second-order valence-electron chi connectivity index (χ2n) is 3.00. The first-order valence-electron chi connectivity index (χ1n) is 4.30. The topological polar surface area (TPSA) is 46.5 Å². The molecule has 0 amide bonds. The van der Waals surface area contributed by atoms with Crippen molar-refractivity contribution in [3.63, 3.8) is 0 Å². The Hall–Kier alpha value is -1.16. The molecule has 0 atom stereocenters. The van der Waals surface area contributed by atoms with Crippen LogP contribution in [0.3, 0.4) is 0 Å². The van der Waals surface area contributed by atoms with Crippen molar-refractivity contribution in [3.8, 4) is 0 Å². The van der Waals surface area contributed by atoms with Crippen molar-refractivity contribution in [1.29, 1.82) is 0 Å². The van der Waals surface area contributed by atoms with E-state index in [-0.39, 0.29) is 5.88 Å². The average molecular weight is 211 g/mol. The summed E-state index contributed by atoms with van der Waals surface area (Å²) in [4.78, 5) is 4.06. The van der Waals surface area contributed by atoms with E-state index in [1.165, 1.54) is 6.21 Å². The van der Waals surface area contributed by atoms with Gasteiger partial charge in [0.1, 0.15) is 5.88 Å². The maximum Gasteiger partial charge on any atom is 0.198 e. The Morgan fingerprint density at radius 1 is 1.29 bits per heavy atom. The van der Waals surface area contributed by atoms with E-state index in [0.717, 1.165) is 5.56 Å². The first-order chi connectivity index (χ1) is 6.56. The maximum absolute atomic E-state index is 11.6. The Kier molecular flexibility index (Phi) is 3.41. The standard InChI is InChI=1S/C10H13NO2S/c1-3-11-8-14(12,13)10-6-4-9(2)5-7-10/h3-7H,8H2,1-2H3. The molecule has 3 nitrogen and oxygen atoms in total. The SMILES string of the molecule is CC=NCS(=O)(=O)c1ccc(C)cc1. The predicted molar refractivity (Wildman–Crippen MR) is 57.4 cm³/mol. The highest BCUT2D eigenvalue weighted by Crippen LogP contribution is 2.11. The van der Waals surface area contributed by atoms with Gasteiger partial charge in [-0.2, -0.15) is 0 Å². The van der Waals surface area contributed by atoms with Gasteiger partial charge in [0, 0.05) is 0 Å². The molecule has 0 fully saturated rings. The number of rotatable bonds is 3. The van der Waals surface area contributed by atoms with Gasteiger partial charge in [-0.05, 0) is 32.2 Å². The minimum absolute atomic E-state index is 0.174. The first-order valence-corrected chi connectivity index (χ1v) is 5.95. The van der Waals surface area contributed by atoms with Gasteiger partial charge in [0.2, 0.25) is 0 Å². The molecule has 0 spiro atoms. The van der Waals surface area contributed by atoms with Gasteiger partial charge in [0.05, 0.1) is 4.90 Å². The monoisotopic (exact) mass is 211 g/mol. The third kappa shape index (κ3) is 2.67. The van der Waals surface area contributed by atoms with Crippen LogP contribution in [-0.4, -0.2) is 20.5 Å². The molecule has 0 aliphatic rings. The van der Waals surface area contributed by atoms with Crippen molar-refractivity contribution in [2.75, 3.05) is 5.88 Å². The Morgan fingerprint density at radius 2 is 1.86 bits per heavy atom. The molecule has 1 aromatic carbocycles. The third-order valence-electron chi connectivity index (χ3n) is 1.81. The number of aryl methyl sites for hydroxylation is 1. The lowest BCUT2D eigenvalue weighted by molar-refractivity contribution is 0.596. The second kappa shape index (κ2) is 4.37. The lowest BCUT2D eigenvalue weighted by atomic mass is 10.2. The van der Waals surface area contributed by atoms with E-state index in [0.29, 0.717) is 4.90 Å². The highest BCUT2D eigenvalue weighted by molar-refractivity contribution is 7.91. The van der Waals surface area contributed by atoms with E-state index in [2.05, 4.69) is 4.99 Å². The molecular formula is C10H13NO2S. The van der Waals surface area contributed by atoms with Gasteiger partial charge in [0.25, 0.3) is 0 Å². The number of sulfone groups is 1. The van der Waals surface area contributed by atoms with Crippen LogP contribution in [0.4, 0.5) is 0 Å². The molecule has 14 heavy (non-hydrogen) atoms. The molecule has 0 unspecified atom stereocenters. The quantitative estimate of drug-likeness (QED) is 0.716. The summed E-state index contributed by atoms with van der Waals surface area (Å²) in [5.41, 5.74) is 1.04. The van der Waals surface area contributed by atoms with Gasteiger partial charge in [-0.15, -0.1) is 0 Å². The highest BCUT2D eigenvalue weighted by atomic mass is 32.2. The van der Waals surface area contributed by atoms with Crippen LogP contribution in [0, 0.1) is 6.92 Å². The minimum atomic E-state index is -3.24. The average Bonchev–Trinajstić information content (AvgIpc) is 2.16. The Balaban J connectivity index is 2.99. The van der Waals surface area contributed by atoms with Gasteiger partial charge in [-0.25, -0.2) is 8.42 Å². The van der Waals surface area contributed by atoms with E-state index in [4.69, 9.17) is 0 Å². The van der Waals surface area contributed by atoms with Crippen LogP contribution < -0.4 is 0 Å². The lowest BCUT2D eigenvalue weighted by Gasteiger charge is -2.00. The molecule has 0 aromatic heterocycles. The molecule has 1 rings (SSSR count). The molecule has 0 heterocycles. The summed E-state index contributed by atoms with van der Waals surface area (Å²) in [6, 6.07) is 6.77. The van der Waals surface area contributed by atoms with Crippen molar-refractivity contribution >= 4 is 16.1 Å². The molecule has 0 N–H and O–H groups in total. The molecule has 0 bridgehead atoms. The molecule has 4 heteroatoms. The summed E-state index contributed by atoms with van der Waals surface area (Å²) in [6.45, 7) is 3.62. The third-order valence-corrected chi connectivity index (χ3v) is 3.29. The van der Waals surface area contributed by atoms with Crippen LogP contribution in [0.25, 0.3) is 0 Å². The van der Waals surface area contributed by atoms with E-state index >= 15 is 0 Å². The van der Waals surface area contributed by atoms with Crippen molar-refractivity contribution in [1.82, 2.24) is 0 Å². The van der Waals surface area contributed by atoms with Crippen molar-refractivity contribution in [2.45, 2.75) is 18.7 Å². The predicted octanol–water partition coefficient (Wildman–Crippen LogP) is 1.82. The zero-order chi connectivity index (χ0) is 10.6. The minimum Gasteiger partial charge on any atom is -0.281 e. The molecule has 0 aliphatic heterocycles. The van der Waals surface area contributed by atoms with E-state index < -0.39 is 9.84 Å². The summed E-state index contributed by atoms with van der Waals surface area (Å²) >= 11 is 0. The van der Waals surface area contributed by atoms with Gasteiger partial charge >= 0.3 is 0 Å². The molecule has 1 aromatic rings. The number of hydrogen-bond donors (Lipinski definition) is 0. The van der Waals surface area contributed by atoms with E-state index in [9.17, 15) is 8.42 Å². The van der Waals surface area contributed by atoms with Crippen LogP contribution in [0.2, 0.25) is 0 Å². The van der Waals surface area contributed by atoms with Crippen LogP contribution >= 0.6 is 0 Å². The van der Waals surface area contributed by atoms with Crippen molar-refractivity contribution in [3.05, 3.63) is 29.8 Å². The first kappa shape index (κ1) is 10.9. The lowest BCUT2D eigenvalue weighted by Crippen LogP contribution is -2.04. The smallest absolute Gasteiger partial charge is 0.198 e. The Labute approximate surface area is 84.4 Å². The number of nitrogens with zero attached hydrogens (tertiary/aromatic N) is 1. The molecular weight excluding hydrogens is 198 g/mol. The molecule has 0 saturated heterocycles. The van der Waals surface area contributed by atoms with Crippen LogP contribution in [0.1, 0.15) is 12.5 Å². The highest BCUT2D eigenvalue weighted by Gasteiger charge is 2.11. The zero-order valence-corrected chi connectivity index (χ0v) is 9.08. The normalized spacial score (nSPS) is 12.1. The zero-order valence-electron chi connectivity index (χ0n) is 8.27. The van der Waals surface area contributed by atoms with Gasteiger partial charge in [-0.3, -0.25) is 4.99 Å².